The van der Waals surface area contributed by atoms with E-state index in [0.717, 1.165) is 13.0 Å². The quantitative estimate of drug-likeness (QED) is 0.814. The number of aromatic nitrogens is 2. The number of imidazole rings is 1. The van der Waals surface area contributed by atoms with E-state index in [1.807, 2.05) is 0 Å². The van der Waals surface area contributed by atoms with Crippen LogP contribution in [0.1, 0.15) is 43.6 Å². The van der Waals surface area contributed by atoms with Gasteiger partial charge in [-0.1, -0.05) is 0 Å². The van der Waals surface area contributed by atoms with E-state index in [2.05, 4.69) is 10.8 Å². The highest BCUT2D eigenvalue weighted by Crippen LogP contribution is 2.50. The molecular formula is C12H19N3. The fourth-order valence-corrected chi connectivity index (χ4v) is 2.73. The Balaban J connectivity index is 1.89. The normalized spacial score (nSPS) is 22.5. The number of hydrogen-bond acceptors (Lipinski definition) is 2. The summed E-state index contributed by atoms with van der Waals surface area (Å²) in [5, 5.41) is 0. The maximum absolute atomic E-state index is 5.68. The van der Waals surface area contributed by atoms with Gasteiger partial charge in [0, 0.05) is 24.6 Å². The van der Waals surface area contributed by atoms with Crippen LogP contribution in [-0.4, -0.2) is 16.1 Å². The molecule has 0 radical (unpaired) electrons. The first-order valence-corrected chi connectivity index (χ1v) is 6.11. The topological polar surface area (TPSA) is 43.8 Å². The van der Waals surface area contributed by atoms with E-state index in [0.29, 0.717) is 5.41 Å². The predicted molar refractivity (Wildman–Crippen MR) is 59.7 cm³/mol. The maximum Gasteiger partial charge on any atom is 0.108 e. The van der Waals surface area contributed by atoms with E-state index in [1.54, 1.807) is 0 Å². The van der Waals surface area contributed by atoms with Gasteiger partial charge in [-0.05, 0) is 38.6 Å². The molecule has 2 N–H and O–H groups in total. The zero-order chi connectivity index (χ0) is 10.3. The van der Waals surface area contributed by atoms with Crippen LogP contribution in [0.3, 0.4) is 0 Å². The molecule has 0 bridgehead atoms. The standard InChI is InChI=1S/C12H19N3/c13-7-6-12(4-5-12)10-9-15-8-2-1-3-11(15)14-10/h9H,1-8,13H2. The van der Waals surface area contributed by atoms with Crippen LogP contribution >= 0.6 is 0 Å². The maximum atomic E-state index is 5.68. The van der Waals surface area contributed by atoms with Crippen molar-refractivity contribution in [1.29, 1.82) is 0 Å². The van der Waals surface area contributed by atoms with Crippen molar-refractivity contribution < 1.29 is 0 Å². The Morgan fingerprint density at radius 1 is 1.40 bits per heavy atom. The van der Waals surface area contributed by atoms with Gasteiger partial charge in [0.25, 0.3) is 0 Å². The van der Waals surface area contributed by atoms with Gasteiger partial charge in [0.15, 0.2) is 0 Å². The molecule has 1 aromatic heterocycles. The number of fused-ring (bicyclic) bond motifs is 1. The van der Waals surface area contributed by atoms with Crippen molar-refractivity contribution in [1.82, 2.24) is 9.55 Å². The van der Waals surface area contributed by atoms with Crippen LogP contribution in [0.15, 0.2) is 6.20 Å². The summed E-state index contributed by atoms with van der Waals surface area (Å²) in [5.41, 5.74) is 7.38. The fourth-order valence-electron chi connectivity index (χ4n) is 2.73. The molecule has 0 atom stereocenters. The lowest BCUT2D eigenvalue weighted by Crippen LogP contribution is -2.13. The third-order valence-electron chi connectivity index (χ3n) is 3.93. The van der Waals surface area contributed by atoms with Crippen LogP contribution in [0.25, 0.3) is 0 Å². The van der Waals surface area contributed by atoms with Crippen molar-refractivity contribution in [3.8, 4) is 0 Å². The third kappa shape index (κ3) is 1.49. The molecule has 0 amide bonds. The molecule has 1 aliphatic heterocycles. The second-order valence-corrected chi connectivity index (χ2v) is 5.01. The van der Waals surface area contributed by atoms with E-state index in [9.17, 15) is 0 Å². The van der Waals surface area contributed by atoms with Crippen LogP contribution in [0.4, 0.5) is 0 Å². The van der Waals surface area contributed by atoms with Gasteiger partial charge in [0.1, 0.15) is 5.82 Å². The van der Waals surface area contributed by atoms with Gasteiger partial charge in [-0.25, -0.2) is 4.98 Å². The molecule has 82 valence electrons. The van der Waals surface area contributed by atoms with Crippen molar-refractivity contribution in [2.45, 2.75) is 50.5 Å². The molecule has 15 heavy (non-hydrogen) atoms. The summed E-state index contributed by atoms with van der Waals surface area (Å²) in [6.45, 7) is 1.96. The molecule has 1 saturated carbocycles. The van der Waals surface area contributed by atoms with Crippen molar-refractivity contribution in [3.63, 3.8) is 0 Å². The second-order valence-electron chi connectivity index (χ2n) is 5.01. The van der Waals surface area contributed by atoms with Crippen molar-refractivity contribution in [2.75, 3.05) is 6.54 Å². The van der Waals surface area contributed by atoms with E-state index < -0.39 is 0 Å². The van der Waals surface area contributed by atoms with Gasteiger partial charge < -0.3 is 10.3 Å². The average molecular weight is 205 g/mol. The first kappa shape index (κ1) is 9.40. The molecule has 1 aromatic rings. The Kier molecular flexibility index (Phi) is 2.09. The van der Waals surface area contributed by atoms with Crippen LogP contribution in [0.5, 0.6) is 0 Å². The van der Waals surface area contributed by atoms with Gasteiger partial charge in [0.2, 0.25) is 0 Å². The summed E-state index contributed by atoms with van der Waals surface area (Å²) in [4.78, 5) is 4.81. The highest BCUT2D eigenvalue weighted by atomic mass is 15.1. The molecule has 1 fully saturated rings. The molecule has 2 heterocycles. The highest BCUT2D eigenvalue weighted by molar-refractivity contribution is 5.24. The molecule has 3 rings (SSSR count). The fraction of sp³-hybridized carbons (Fsp3) is 0.750. The smallest absolute Gasteiger partial charge is 0.108 e. The van der Waals surface area contributed by atoms with E-state index in [4.69, 9.17) is 10.7 Å². The van der Waals surface area contributed by atoms with E-state index in [-0.39, 0.29) is 0 Å². The van der Waals surface area contributed by atoms with E-state index >= 15 is 0 Å². The number of hydrogen-bond donors (Lipinski definition) is 1. The predicted octanol–water partition coefficient (Wildman–Crippen LogP) is 1.60. The second kappa shape index (κ2) is 3.34. The minimum Gasteiger partial charge on any atom is -0.335 e. The Hall–Kier alpha value is -0.830. The minimum atomic E-state index is 0.374. The first-order chi connectivity index (χ1) is 7.34. The van der Waals surface area contributed by atoms with Crippen molar-refractivity contribution in [2.24, 2.45) is 5.73 Å². The Morgan fingerprint density at radius 2 is 2.27 bits per heavy atom. The lowest BCUT2D eigenvalue weighted by molar-refractivity contribution is 0.522. The van der Waals surface area contributed by atoms with Crippen LogP contribution < -0.4 is 5.73 Å². The van der Waals surface area contributed by atoms with Gasteiger partial charge in [-0.2, -0.15) is 0 Å². The van der Waals surface area contributed by atoms with Gasteiger partial charge in [-0.3, -0.25) is 0 Å². The summed E-state index contributed by atoms with van der Waals surface area (Å²) < 4.78 is 2.36. The van der Waals surface area contributed by atoms with E-state index in [1.165, 1.54) is 50.2 Å². The Bertz CT molecular complexity index is 339. The van der Waals surface area contributed by atoms with Gasteiger partial charge in [-0.15, -0.1) is 0 Å². The van der Waals surface area contributed by atoms with Gasteiger partial charge >= 0.3 is 0 Å². The monoisotopic (exact) mass is 205 g/mol. The summed E-state index contributed by atoms with van der Waals surface area (Å²) in [7, 11) is 0. The molecule has 1 aliphatic carbocycles. The number of aryl methyl sites for hydroxylation is 2. The molecule has 0 unspecified atom stereocenters. The number of nitrogens with two attached hydrogens (primary N) is 1. The Morgan fingerprint density at radius 3 is 2.93 bits per heavy atom. The molecular weight excluding hydrogens is 186 g/mol. The Labute approximate surface area is 90.7 Å². The van der Waals surface area contributed by atoms with Gasteiger partial charge in [0.05, 0.1) is 5.69 Å². The lowest BCUT2D eigenvalue weighted by Gasteiger charge is -2.12. The molecule has 3 nitrogen and oxygen atoms in total. The average Bonchev–Trinajstić information content (AvgIpc) is 2.91. The highest BCUT2D eigenvalue weighted by Gasteiger charge is 2.45. The zero-order valence-electron chi connectivity index (χ0n) is 9.21. The van der Waals surface area contributed by atoms with Crippen LogP contribution in [0, 0.1) is 0 Å². The number of rotatable bonds is 3. The molecule has 3 heteroatoms. The largest absolute Gasteiger partial charge is 0.335 e. The SMILES string of the molecule is NCCC1(c2cn3c(n2)CCCC3)CC1. The summed E-state index contributed by atoms with van der Waals surface area (Å²) in [6, 6.07) is 0. The van der Waals surface area contributed by atoms with Crippen molar-refractivity contribution in [3.05, 3.63) is 17.7 Å². The van der Waals surface area contributed by atoms with Crippen LogP contribution in [0.2, 0.25) is 0 Å². The molecule has 0 spiro atoms. The third-order valence-corrected chi connectivity index (χ3v) is 3.93. The summed E-state index contributed by atoms with van der Waals surface area (Å²) in [6.07, 6.45) is 9.77. The first-order valence-electron chi connectivity index (χ1n) is 6.11. The number of nitrogens with zero attached hydrogens (tertiary/aromatic N) is 2. The lowest BCUT2D eigenvalue weighted by atomic mass is 9.99. The molecule has 0 saturated heterocycles. The summed E-state index contributed by atoms with van der Waals surface area (Å²) >= 11 is 0. The van der Waals surface area contributed by atoms with Crippen molar-refractivity contribution >= 4 is 0 Å². The molecule has 0 aromatic carbocycles. The zero-order valence-corrected chi connectivity index (χ0v) is 9.21. The minimum absolute atomic E-state index is 0.374. The van der Waals surface area contributed by atoms with Crippen LogP contribution in [-0.2, 0) is 18.4 Å². The molecule has 2 aliphatic rings. The summed E-state index contributed by atoms with van der Waals surface area (Å²) in [5.74, 6) is 1.31.